The smallest absolute Gasteiger partial charge is 0.106 e. The van der Waals surface area contributed by atoms with E-state index in [2.05, 4.69) is 5.32 Å². The van der Waals surface area contributed by atoms with Gasteiger partial charge in [-0.3, -0.25) is 5.32 Å². The fourth-order valence-electron chi connectivity index (χ4n) is 0.945. The van der Waals surface area contributed by atoms with E-state index in [-0.39, 0.29) is 12.4 Å². The molecule has 0 saturated carbocycles. The standard InChI is InChI=1S/C5H12N2O/c6-4-2-1-3-5(8)7-4/h4-5,7-8H,1-3,6H2. The molecular formula is C5H12N2O. The molecule has 0 spiro atoms. The van der Waals surface area contributed by atoms with E-state index in [1.54, 1.807) is 0 Å². The van der Waals surface area contributed by atoms with E-state index >= 15 is 0 Å². The van der Waals surface area contributed by atoms with E-state index in [4.69, 9.17) is 10.8 Å². The second-order valence-electron chi connectivity index (χ2n) is 2.22. The predicted octanol–water partition coefficient (Wildman–Crippen LogP) is -0.637. The Morgan fingerprint density at radius 1 is 1.50 bits per heavy atom. The number of aliphatic hydroxyl groups excluding tert-OH is 1. The van der Waals surface area contributed by atoms with E-state index in [0.29, 0.717) is 0 Å². The zero-order chi connectivity index (χ0) is 5.98. The van der Waals surface area contributed by atoms with Gasteiger partial charge < -0.3 is 10.8 Å². The molecule has 48 valence electrons. The molecule has 0 aromatic rings. The molecule has 1 heterocycles. The summed E-state index contributed by atoms with van der Waals surface area (Å²) in [5.41, 5.74) is 5.45. The van der Waals surface area contributed by atoms with Gasteiger partial charge in [-0.05, 0) is 19.3 Å². The fraction of sp³-hybridized carbons (Fsp3) is 1.00. The van der Waals surface area contributed by atoms with Crippen LogP contribution in [0.25, 0.3) is 0 Å². The van der Waals surface area contributed by atoms with Crippen LogP contribution in [0.5, 0.6) is 0 Å². The van der Waals surface area contributed by atoms with Crippen LogP contribution in [0.3, 0.4) is 0 Å². The molecule has 4 N–H and O–H groups in total. The Bertz CT molecular complexity index is 68.8. The number of hydrogen-bond donors (Lipinski definition) is 3. The maximum atomic E-state index is 8.89. The van der Waals surface area contributed by atoms with Crippen LogP contribution in [0.1, 0.15) is 19.3 Å². The van der Waals surface area contributed by atoms with Crippen LogP contribution < -0.4 is 11.1 Å². The van der Waals surface area contributed by atoms with Crippen molar-refractivity contribution in [2.24, 2.45) is 5.73 Å². The van der Waals surface area contributed by atoms with E-state index in [9.17, 15) is 0 Å². The second-order valence-corrected chi connectivity index (χ2v) is 2.22. The normalized spacial score (nSPS) is 39.8. The highest BCUT2D eigenvalue weighted by molar-refractivity contribution is 4.68. The summed E-state index contributed by atoms with van der Waals surface area (Å²) in [5, 5.41) is 11.7. The molecule has 0 aliphatic carbocycles. The third kappa shape index (κ3) is 1.43. The Hall–Kier alpha value is -0.120. The SMILES string of the molecule is NC1CCCC(O)N1. The van der Waals surface area contributed by atoms with Gasteiger partial charge in [0, 0.05) is 0 Å². The van der Waals surface area contributed by atoms with Crippen molar-refractivity contribution in [3.8, 4) is 0 Å². The summed E-state index contributed by atoms with van der Waals surface area (Å²) >= 11 is 0. The molecule has 2 unspecified atom stereocenters. The first-order valence-corrected chi connectivity index (χ1v) is 2.99. The second kappa shape index (κ2) is 2.44. The van der Waals surface area contributed by atoms with Crippen LogP contribution in [-0.4, -0.2) is 17.5 Å². The zero-order valence-corrected chi connectivity index (χ0v) is 4.80. The monoisotopic (exact) mass is 116 g/mol. The third-order valence-electron chi connectivity index (χ3n) is 1.40. The van der Waals surface area contributed by atoms with Gasteiger partial charge in [0.2, 0.25) is 0 Å². The molecule has 0 radical (unpaired) electrons. The van der Waals surface area contributed by atoms with Gasteiger partial charge >= 0.3 is 0 Å². The molecule has 0 bridgehead atoms. The number of piperidine rings is 1. The number of rotatable bonds is 0. The first-order valence-electron chi connectivity index (χ1n) is 2.99. The molecule has 3 heteroatoms. The first kappa shape index (κ1) is 6.01. The van der Waals surface area contributed by atoms with Crippen molar-refractivity contribution in [3.63, 3.8) is 0 Å². The highest BCUT2D eigenvalue weighted by Crippen LogP contribution is 2.06. The summed E-state index contributed by atoms with van der Waals surface area (Å²) in [5.74, 6) is 0. The van der Waals surface area contributed by atoms with E-state index < -0.39 is 0 Å². The lowest BCUT2D eigenvalue weighted by molar-refractivity contribution is 0.0868. The van der Waals surface area contributed by atoms with Gasteiger partial charge in [-0.2, -0.15) is 0 Å². The maximum absolute atomic E-state index is 8.89. The van der Waals surface area contributed by atoms with E-state index in [0.717, 1.165) is 19.3 Å². The molecule has 0 aromatic carbocycles. The largest absolute Gasteiger partial charge is 0.379 e. The van der Waals surface area contributed by atoms with Crippen molar-refractivity contribution in [2.45, 2.75) is 31.7 Å². The van der Waals surface area contributed by atoms with E-state index in [1.165, 1.54) is 0 Å². The van der Waals surface area contributed by atoms with Crippen LogP contribution in [0.15, 0.2) is 0 Å². The lowest BCUT2D eigenvalue weighted by Gasteiger charge is -2.23. The number of aliphatic hydroxyl groups is 1. The van der Waals surface area contributed by atoms with Gasteiger partial charge in [-0.25, -0.2) is 0 Å². The lowest BCUT2D eigenvalue weighted by Crippen LogP contribution is -2.47. The molecule has 1 rings (SSSR count). The molecule has 1 aliphatic heterocycles. The average Bonchev–Trinajstić information content (AvgIpc) is 1.64. The molecule has 1 saturated heterocycles. The highest BCUT2D eigenvalue weighted by atomic mass is 16.3. The Morgan fingerprint density at radius 2 is 2.25 bits per heavy atom. The predicted molar refractivity (Wildman–Crippen MR) is 31.0 cm³/mol. The molecule has 1 fully saturated rings. The van der Waals surface area contributed by atoms with Gasteiger partial charge in [0.1, 0.15) is 6.23 Å². The summed E-state index contributed by atoms with van der Waals surface area (Å²) in [6.45, 7) is 0. The molecule has 1 aliphatic rings. The minimum atomic E-state index is -0.362. The molecule has 0 amide bonds. The topological polar surface area (TPSA) is 58.3 Å². The van der Waals surface area contributed by atoms with Crippen molar-refractivity contribution in [2.75, 3.05) is 0 Å². The van der Waals surface area contributed by atoms with Crippen molar-refractivity contribution in [1.29, 1.82) is 0 Å². The van der Waals surface area contributed by atoms with Crippen molar-refractivity contribution in [3.05, 3.63) is 0 Å². The van der Waals surface area contributed by atoms with Gasteiger partial charge in [-0.1, -0.05) is 0 Å². The van der Waals surface area contributed by atoms with Gasteiger partial charge in [0.05, 0.1) is 6.17 Å². The number of nitrogens with two attached hydrogens (primary N) is 1. The first-order chi connectivity index (χ1) is 3.79. The Morgan fingerprint density at radius 3 is 2.62 bits per heavy atom. The Labute approximate surface area is 48.9 Å². The van der Waals surface area contributed by atoms with Gasteiger partial charge in [-0.15, -0.1) is 0 Å². The molecule has 8 heavy (non-hydrogen) atoms. The summed E-state index contributed by atoms with van der Waals surface area (Å²) in [4.78, 5) is 0. The zero-order valence-electron chi connectivity index (χ0n) is 4.80. The third-order valence-corrected chi connectivity index (χ3v) is 1.40. The van der Waals surface area contributed by atoms with Crippen LogP contribution in [0.4, 0.5) is 0 Å². The van der Waals surface area contributed by atoms with Crippen molar-refractivity contribution >= 4 is 0 Å². The van der Waals surface area contributed by atoms with Crippen molar-refractivity contribution < 1.29 is 5.11 Å². The summed E-state index contributed by atoms with van der Waals surface area (Å²) in [7, 11) is 0. The molecule has 2 atom stereocenters. The minimum Gasteiger partial charge on any atom is -0.379 e. The van der Waals surface area contributed by atoms with Crippen LogP contribution >= 0.6 is 0 Å². The highest BCUT2D eigenvalue weighted by Gasteiger charge is 2.13. The van der Waals surface area contributed by atoms with E-state index in [1.807, 2.05) is 0 Å². The van der Waals surface area contributed by atoms with Gasteiger partial charge in [0.15, 0.2) is 0 Å². The molecule has 3 nitrogen and oxygen atoms in total. The summed E-state index contributed by atoms with van der Waals surface area (Å²) in [6.07, 6.45) is 2.51. The Balaban J connectivity index is 2.23. The molecule has 0 aromatic heterocycles. The minimum absolute atomic E-state index is 0.0127. The number of nitrogens with one attached hydrogen (secondary N) is 1. The lowest BCUT2D eigenvalue weighted by atomic mass is 10.1. The summed E-state index contributed by atoms with van der Waals surface area (Å²) in [6, 6.07) is 0. The molecular weight excluding hydrogens is 104 g/mol. The van der Waals surface area contributed by atoms with Crippen LogP contribution in [-0.2, 0) is 0 Å². The quantitative estimate of drug-likeness (QED) is 0.394. The number of hydrogen-bond acceptors (Lipinski definition) is 3. The maximum Gasteiger partial charge on any atom is 0.106 e. The Kier molecular flexibility index (Phi) is 1.83. The fourth-order valence-corrected chi connectivity index (χ4v) is 0.945. The summed E-state index contributed by atoms with van der Waals surface area (Å²) < 4.78 is 0. The average molecular weight is 116 g/mol. The van der Waals surface area contributed by atoms with Crippen LogP contribution in [0.2, 0.25) is 0 Å². The van der Waals surface area contributed by atoms with Crippen LogP contribution in [0, 0.1) is 0 Å². The van der Waals surface area contributed by atoms with Gasteiger partial charge in [0.25, 0.3) is 0 Å². The van der Waals surface area contributed by atoms with Crippen molar-refractivity contribution in [1.82, 2.24) is 5.32 Å².